The number of nitrogens with two attached hydrogens (primary N) is 1. The van der Waals surface area contributed by atoms with Gasteiger partial charge in [-0.2, -0.15) is 5.26 Å². The van der Waals surface area contributed by atoms with E-state index in [9.17, 15) is 5.26 Å². The predicted molar refractivity (Wildman–Crippen MR) is 102 cm³/mol. The van der Waals surface area contributed by atoms with Crippen LogP contribution in [0.4, 0.5) is 5.82 Å². The zero-order chi connectivity index (χ0) is 18.4. The van der Waals surface area contributed by atoms with E-state index in [1.54, 1.807) is 19.5 Å². The Morgan fingerprint density at radius 1 is 1.19 bits per heavy atom. The molecule has 4 rings (SSSR count). The number of aryl methyl sites for hydroxylation is 1. The molecule has 0 unspecified atom stereocenters. The van der Waals surface area contributed by atoms with Crippen molar-refractivity contribution in [2.24, 2.45) is 0 Å². The average Bonchev–Trinajstić information content (AvgIpc) is 2.94. The van der Waals surface area contributed by atoms with E-state index in [2.05, 4.69) is 16.0 Å². The maximum atomic E-state index is 9.67. The molecular weight excluding hydrogens is 326 g/mol. The Morgan fingerprint density at radius 2 is 2.00 bits per heavy atom. The van der Waals surface area contributed by atoms with Crippen molar-refractivity contribution >= 4 is 27.8 Å². The molecule has 0 radical (unpaired) electrons. The first-order chi connectivity index (χ1) is 12.6. The molecule has 0 saturated heterocycles. The quantitative estimate of drug-likeness (QED) is 0.600. The van der Waals surface area contributed by atoms with Crippen LogP contribution in [-0.2, 0) is 0 Å². The van der Waals surface area contributed by atoms with Gasteiger partial charge in [0.25, 0.3) is 0 Å². The van der Waals surface area contributed by atoms with Crippen LogP contribution in [0.1, 0.15) is 16.7 Å². The fourth-order valence-corrected chi connectivity index (χ4v) is 3.52. The lowest BCUT2D eigenvalue weighted by Crippen LogP contribution is -2.06. The largest absolute Gasteiger partial charge is 0.496 e. The zero-order valence-electron chi connectivity index (χ0n) is 14.7. The lowest BCUT2D eigenvalue weighted by Gasteiger charge is -2.17. The number of rotatable bonds is 2. The Morgan fingerprint density at radius 3 is 2.73 bits per heavy atom. The minimum absolute atomic E-state index is 0.377. The Hall–Kier alpha value is -3.59. The first-order valence-electron chi connectivity index (χ1n) is 8.16. The number of benzene rings is 1. The molecule has 6 nitrogen and oxygen atoms in total. The van der Waals surface area contributed by atoms with E-state index in [1.165, 1.54) is 0 Å². The number of anilines is 1. The monoisotopic (exact) mass is 343 g/mol. The summed E-state index contributed by atoms with van der Waals surface area (Å²) < 4.78 is 7.39. The van der Waals surface area contributed by atoms with Crippen molar-refractivity contribution < 1.29 is 4.74 Å². The average molecular weight is 343 g/mol. The van der Waals surface area contributed by atoms with E-state index in [4.69, 9.17) is 10.5 Å². The first-order valence-corrected chi connectivity index (χ1v) is 8.16. The van der Waals surface area contributed by atoms with Gasteiger partial charge in [-0.05, 0) is 37.6 Å². The minimum Gasteiger partial charge on any atom is -0.496 e. The number of hydrogen-bond acceptors (Lipinski definition) is 5. The highest BCUT2D eigenvalue weighted by molar-refractivity contribution is 6.07. The molecular formula is C20H17N5O. The third-order valence-corrected chi connectivity index (χ3v) is 4.73. The summed E-state index contributed by atoms with van der Waals surface area (Å²) in [4.78, 5) is 8.94. The molecule has 6 heteroatoms. The van der Waals surface area contributed by atoms with Gasteiger partial charge in [0.1, 0.15) is 28.7 Å². The van der Waals surface area contributed by atoms with Gasteiger partial charge >= 0.3 is 0 Å². The van der Waals surface area contributed by atoms with Crippen molar-refractivity contribution in [2.45, 2.75) is 13.8 Å². The summed E-state index contributed by atoms with van der Waals surface area (Å²) in [6.45, 7) is 3.99. The summed E-state index contributed by atoms with van der Waals surface area (Å²) in [5, 5.41) is 10.4. The van der Waals surface area contributed by atoms with E-state index in [-0.39, 0.29) is 0 Å². The smallest absolute Gasteiger partial charge is 0.127 e. The molecule has 0 atom stereocenters. The third-order valence-electron chi connectivity index (χ3n) is 4.73. The summed E-state index contributed by atoms with van der Waals surface area (Å²) in [6, 6.07) is 9.86. The third kappa shape index (κ3) is 2.04. The van der Waals surface area contributed by atoms with Crippen LogP contribution in [0.25, 0.3) is 27.6 Å². The van der Waals surface area contributed by atoms with E-state index < -0.39 is 0 Å². The van der Waals surface area contributed by atoms with E-state index in [0.717, 1.165) is 33.6 Å². The van der Waals surface area contributed by atoms with Crippen molar-refractivity contribution in [1.29, 1.82) is 5.26 Å². The molecule has 0 bridgehead atoms. The molecule has 0 fully saturated rings. The van der Waals surface area contributed by atoms with E-state index >= 15 is 0 Å². The van der Waals surface area contributed by atoms with Crippen molar-refractivity contribution in [1.82, 2.24) is 14.5 Å². The summed E-state index contributed by atoms with van der Waals surface area (Å²) >= 11 is 0. The van der Waals surface area contributed by atoms with Crippen LogP contribution in [-0.4, -0.2) is 21.6 Å². The van der Waals surface area contributed by atoms with Crippen molar-refractivity contribution in [3.8, 4) is 17.5 Å². The molecule has 4 aromatic rings. The maximum absolute atomic E-state index is 9.67. The number of methoxy groups -OCH3 is 1. The molecule has 0 aliphatic carbocycles. The number of ether oxygens (including phenoxy) is 1. The highest BCUT2D eigenvalue weighted by atomic mass is 16.5. The molecule has 0 amide bonds. The number of hydrogen-bond donors (Lipinski definition) is 1. The molecule has 26 heavy (non-hydrogen) atoms. The molecule has 0 aliphatic heterocycles. The normalized spacial score (nSPS) is 11.0. The summed E-state index contributed by atoms with van der Waals surface area (Å²) in [5.41, 5.74) is 11.9. The number of nitriles is 1. The van der Waals surface area contributed by atoms with Gasteiger partial charge < -0.3 is 10.5 Å². The van der Waals surface area contributed by atoms with Gasteiger partial charge in [0.2, 0.25) is 0 Å². The molecule has 0 aliphatic rings. The Kier molecular flexibility index (Phi) is 3.51. The summed E-state index contributed by atoms with van der Waals surface area (Å²) in [6.07, 6.45) is 3.41. The zero-order valence-corrected chi connectivity index (χ0v) is 14.7. The lowest BCUT2D eigenvalue weighted by atomic mass is 10.1. The highest BCUT2D eigenvalue weighted by Gasteiger charge is 2.22. The van der Waals surface area contributed by atoms with Crippen LogP contribution in [0.2, 0.25) is 0 Å². The second kappa shape index (κ2) is 5.74. The van der Waals surface area contributed by atoms with Gasteiger partial charge in [-0.25, -0.2) is 0 Å². The fourth-order valence-electron chi connectivity index (χ4n) is 3.52. The second-order valence-corrected chi connectivity index (χ2v) is 6.16. The number of fused-ring (bicyclic) bond motifs is 3. The fraction of sp³-hybridized carbons (Fsp3) is 0.150. The van der Waals surface area contributed by atoms with Gasteiger partial charge in [-0.1, -0.05) is 6.07 Å². The van der Waals surface area contributed by atoms with Crippen LogP contribution >= 0.6 is 0 Å². The van der Waals surface area contributed by atoms with Gasteiger partial charge in [-0.15, -0.1) is 0 Å². The van der Waals surface area contributed by atoms with Gasteiger partial charge in [0, 0.05) is 23.3 Å². The molecule has 0 saturated carbocycles. The molecule has 3 aromatic heterocycles. The topological polar surface area (TPSA) is 89.8 Å². The number of aromatic nitrogens is 3. The Balaban J connectivity index is 2.27. The van der Waals surface area contributed by atoms with E-state index in [0.29, 0.717) is 22.3 Å². The molecule has 128 valence electrons. The van der Waals surface area contributed by atoms with Crippen LogP contribution in [0, 0.1) is 25.2 Å². The summed E-state index contributed by atoms with van der Waals surface area (Å²) in [7, 11) is 1.64. The summed E-state index contributed by atoms with van der Waals surface area (Å²) in [5.74, 6) is 1.14. The number of pyridine rings is 2. The SMILES string of the molecule is COc1ccc(C)c(-n2c(N)c(C#N)c3cnc4cccnc4c32)c1C. The molecule has 0 spiro atoms. The Labute approximate surface area is 150 Å². The van der Waals surface area contributed by atoms with Crippen LogP contribution in [0.5, 0.6) is 5.75 Å². The van der Waals surface area contributed by atoms with Crippen LogP contribution < -0.4 is 10.5 Å². The minimum atomic E-state index is 0.377. The number of nitrogens with zero attached hydrogens (tertiary/aromatic N) is 4. The maximum Gasteiger partial charge on any atom is 0.127 e. The second-order valence-electron chi connectivity index (χ2n) is 6.16. The standard InChI is InChI=1S/C20H17N5O/c1-11-6-7-16(26-3)12(2)18(11)25-19-14(13(9-21)20(25)22)10-24-15-5-4-8-23-17(15)19/h4-8,10H,22H2,1-3H3. The van der Waals surface area contributed by atoms with Gasteiger partial charge in [-0.3, -0.25) is 14.5 Å². The lowest BCUT2D eigenvalue weighted by molar-refractivity contribution is 0.411. The molecule has 2 N–H and O–H groups in total. The molecule has 1 aromatic carbocycles. The van der Waals surface area contributed by atoms with Crippen molar-refractivity contribution in [2.75, 3.05) is 12.8 Å². The van der Waals surface area contributed by atoms with Crippen molar-refractivity contribution in [3.05, 3.63) is 53.3 Å². The molecule has 3 heterocycles. The first kappa shape index (κ1) is 15.9. The highest BCUT2D eigenvalue weighted by Crippen LogP contribution is 2.38. The van der Waals surface area contributed by atoms with Crippen LogP contribution in [0.15, 0.2) is 36.7 Å². The van der Waals surface area contributed by atoms with Crippen molar-refractivity contribution in [3.63, 3.8) is 0 Å². The number of nitrogen functional groups attached to an aromatic ring is 1. The Bertz CT molecular complexity index is 1220. The van der Waals surface area contributed by atoms with Gasteiger partial charge in [0.05, 0.1) is 23.8 Å². The predicted octanol–water partition coefficient (Wildman–Crippen LogP) is 3.65. The van der Waals surface area contributed by atoms with E-state index in [1.807, 2.05) is 42.7 Å². The van der Waals surface area contributed by atoms with Gasteiger partial charge in [0.15, 0.2) is 0 Å². The van der Waals surface area contributed by atoms with Crippen LogP contribution in [0.3, 0.4) is 0 Å².